The van der Waals surface area contributed by atoms with Gasteiger partial charge in [-0.25, -0.2) is 4.79 Å². The summed E-state index contributed by atoms with van der Waals surface area (Å²) in [5.74, 6) is -0.577. The standard InChI is InChI=1S/C21H27ClN4O5/c1-25(13-17(27)23-15-12-14(22)6-7-16(15)31-2)18(28)8-11-26-19(29)21(24-20(26)30)9-4-3-5-10-21/h6-7,12H,3-5,8-11,13H2,1-2H3,(H,23,27)(H,24,30). The molecular weight excluding hydrogens is 424 g/mol. The van der Waals surface area contributed by atoms with Gasteiger partial charge in [-0.05, 0) is 31.0 Å². The van der Waals surface area contributed by atoms with E-state index < -0.39 is 17.5 Å². The fourth-order valence-electron chi connectivity index (χ4n) is 4.04. The lowest BCUT2D eigenvalue weighted by molar-refractivity contribution is -0.135. The summed E-state index contributed by atoms with van der Waals surface area (Å²) in [6.07, 6.45) is 4.06. The van der Waals surface area contributed by atoms with Gasteiger partial charge in [0.05, 0.1) is 19.3 Å². The number of anilines is 1. The molecule has 3 rings (SSSR count). The van der Waals surface area contributed by atoms with Crippen LogP contribution in [-0.4, -0.2) is 66.3 Å². The van der Waals surface area contributed by atoms with Crippen LogP contribution in [0, 0.1) is 0 Å². The Morgan fingerprint density at radius 3 is 2.65 bits per heavy atom. The van der Waals surface area contributed by atoms with Gasteiger partial charge in [0.25, 0.3) is 5.91 Å². The van der Waals surface area contributed by atoms with Crippen LogP contribution in [-0.2, 0) is 14.4 Å². The van der Waals surface area contributed by atoms with E-state index in [1.165, 1.54) is 19.1 Å². The highest BCUT2D eigenvalue weighted by atomic mass is 35.5. The Morgan fingerprint density at radius 2 is 1.97 bits per heavy atom. The topological polar surface area (TPSA) is 108 Å². The van der Waals surface area contributed by atoms with Crippen LogP contribution in [0.1, 0.15) is 38.5 Å². The zero-order valence-electron chi connectivity index (χ0n) is 17.7. The van der Waals surface area contributed by atoms with Crippen LogP contribution in [0.3, 0.4) is 0 Å². The van der Waals surface area contributed by atoms with Crippen LogP contribution in [0.15, 0.2) is 18.2 Å². The van der Waals surface area contributed by atoms with Gasteiger partial charge in [0.2, 0.25) is 11.8 Å². The van der Waals surface area contributed by atoms with Gasteiger partial charge in [0, 0.05) is 25.0 Å². The number of hydrogen-bond donors (Lipinski definition) is 2. The monoisotopic (exact) mass is 450 g/mol. The summed E-state index contributed by atoms with van der Waals surface area (Å²) in [4.78, 5) is 52.3. The van der Waals surface area contributed by atoms with E-state index in [4.69, 9.17) is 16.3 Å². The first-order chi connectivity index (χ1) is 14.8. The van der Waals surface area contributed by atoms with Gasteiger partial charge in [-0.3, -0.25) is 19.3 Å². The van der Waals surface area contributed by atoms with Crippen molar-refractivity contribution < 1.29 is 23.9 Å². The van der Waals surface area contributed by atoms with Crippen molar-refractivity contribution in [2.24, 2.45) is 0 Å². The third kappa shape index (κ3) is 5.10. The minimum Gasteiger partial charge on any atom is -0.495 e. The van der Waals surface area contributed by atoms with Crippen LogP contribution in [0.4, 0.5) is 10.5 Å². The van der Waals surface area contributed by atoms with Gasteiger partial charge in [-0.15, -0.1) is 0 Å². The molecule has 1 aromatic rings. The predicted molar refractivity (Wildman–Crippen MR) is 115 cm³/mol. The second-order valence-corrected chi connectivity index (χ2v) is 8.36. The third-order valence-electron chi connectivity index (χ3n) is 5.74. The van der Waals surface area contributed by atoms with E-state index in [0.717, 1.165) is 24.2 Å². The molecule has 10 heteroatoms. The first-order valence-corrected chi connectivity index (χ1v) is 10.6. The van der Waals surface area contributed by atoms with Crippen molar-refractivity contribution in [2.45, 2.75) is 44.1 Å². The van der Waals surface area contributed by atoms with Crippen LogP contribution in [0.5, 0.6) is 5.75 Å². The number of carbonyl (C=O) groups excluding carboxylic acids is 4. The molecule has 9 nitrogen and oxygen atoms in total. The Labute approximate surface area is 186 Å². The number of amides is 5. The molecule has 0 bridgehead atoms. The molecule has 168 valence electrons. The first kappa shape index (κ1) is 22.9. The Kier molecular flexibility index (Phi) is 7.04. The van der Waals surface area contributed by atoms with Crippen molar-refractivity contribution in [3.63, 3.8) is 0 Å². The van der Waals surface area contributed by atoms with E-state index in [9.17, 15) is 19.2 Å². The van der Waals surface area contributed by atoms with E-state index >= 15 is 0 Å². The molecule has 1 saturated heterocycles. The van der Waals surface area contributed by atoms with Gasteiger partial charge in [-0.2, -0.15) is 0 Å². The van der Waals surface area contributed by atoms with Gasteiger partial charge >= 0.3 is 6.03 Å². The summed E-state index contributed by atoms with van der Waals surface area (Å²) in [6.45, 7) is -0.210. The summed E-state index contributed by atoms with van der Waals surface area (Å²) in [5.41, 5.74) is -0.404. The number of ether oxygens (including phenoxy) is 1. The van der Waals surface area contributed by atoms with E-state index in [0.29, 0.717) is 29.3 Å². The maximum absolute atomic E-state index is 12.8. The Balaban J connectivity index is 1.52. The quantitative estimate of drug-likeness (QED) is 0.620. The average molecular weight is 451 g/mol. The van der Waals surface area contributed by atoms with Crippen molar-refractivity contribution in [1.29, 1.82) is 0 Å². The van der Waals surface area contributed by atoms with Gasteiger partial charge in [-0.1, -0.05) is 30.9 Å². The zero-order valence-corrected chi connectivity index (χ0v) is 18.5. The lowest BCUT2D eigenvalue weighted by atomic mass is 9.82. The molecule has 2 aliphatic rings. The smallest absolute Gasteiger partial charge is 0.325 e. The predicted octanol–water partition coefficient (Wildman–Crippen LogP) is 2.39. The second kappa shape index (κ2) is 9.55. The van der Waals surface area contributed by atoms with Crippen LogP contribution >= 0.6 is 11.6 Å². The summed E-state index contributed by atoms with van der Waals surface area (Å²) in [5, 5.41) is 5.93. The Morgan fingerprint density at radius 1 is 1.26 bits per heavy atom. The molecule has 0 atom stereocenters. The minimum absolute atomic E-state index is 0.0146. The number of carbonyl (C=O) groups is 4. The molecule has 1 heterocycles. The highest BCUT2D eigenvalue weighted by molar-refractivity contribution is 6.31. The largest absolute Gasteiger partial charge is 0.495 e. The summed E-state index contributed by atoms with van der Waals surface area (Å²) >= 11 is 5.96. The fourth-order valence-corrected chi connectivity index (χ4v) is 4.22. The first-order valence-electron chi connectivity index (χ1n) is 10.3. The second-order valence-electron chi connectivity index (χ2n) is 7.92. The van der Waals surface area contributed by atoms with Gasteiger partial charge < -0.3 is 20.3 Å². The molecule has 1 aliphatic heterocycles. The van der Waals surface area contributed by atoms with E-state index in [1.54, 1.807) is 18.2 Å². The summed E-state index contributed by atoms with van der Waals surface area (Å²) < 4.78 is 5.19. The zero-order chi connectivity index (χ0) is 22.6. The molecule has 1 aliphatic carbocycles. The molecule has 0 radical (unpaired) electrons. The minimum atomic E-state index is -0.805. The summed E-state index contributed by atoms with van der Waals surface area (Å²) in [7, 11) is 2.97. The van der Waals surface area contributed by atoms with E-state index in [2.05, 4.69) is 10.6 Å². The van der Waals surface area contributed by atoms with E-state index in [-0.39, 0.29) is 31.3 Å². The fraction of sp³-hybridized carbons (Fsp3) is 0.524. The number of benzene rings is 1. The lowest BCUT2D eigenvalue weighted by Crippen LogP contribution is -2.48. The number of hydrogen-bond acceptors (Lipinski definition) is 5. The third-order valence-corrected chi connectivity index (χ3v) is 5.98. The lowest BCUT2D eigenvalue weighted by Gasteiger charge is -2.30. The number of nitrogens with one attached hydrogen (secondary N) is 2. The Hall–Kier alpha value is -2.81. The summed E-state index contributed by atoms with van der Waals surface area (Å²) in [6, 6.07) is 4.37. The van der Waals surface area contributed by atoms with Crippen molar-refractivity contribution in [2.75, 3.05) is 32.6 Å². The van der Waals surface area contributed by atoms with Gasteiger partial charge in [0.15, 0.2) is 0 Å². The molecule has 0 aromatic heterocycles. The van der Waals surface area contributed by atoms with Crippen molar-refractivity contribution >= 4 is 41.0 Å². The Bertz CT molecular complexity index is 885. The number of rotatable bonds is 7. The maximum atomic E-state index is 12.8. The number of imide groups is 1. The molecule has 1 saturated carbocycles. The van der Waals surface area contributed by atoms with Crippen molar-refractivity contribution in [3.05, 3.63) is 23.2 Å². The number of methoxy groups -OCH3 is 1. The highest BCUT2D eigenvalue weighted by Crippen LogP contribution is 2.33. The number of urea groups is 1. The molecule has 0 unspecified atom stereocenters. The average Bonchev–Trinajstić information content (AvgIpc) is 2.95. The molecule has 5 amide bonds. The molecule has 1 aromatic carbocycles. The number of halogens is 1. The number of nitrogens with zero attached hydrogens (tertiary/aromatic N) is 2. The molecule has 2 N–H and O–H groups in total. The van der Waals surface area contributed by atoms with Gasteiger partial charge in [0.1, 0.15) is 11.3 Å². The van der Waals surface area contributed by atoms with Crippen LogP contribution in [0.25, 0.3) is 0 Å². The van der Waals surface area contributed by atoms with Crippen molar-refractivity contribution in [3.8, 4) is 5.75 Å². The maximum Gasteiger partial charge on any atom is 0.325 e. The molecular formula is C21H27ClN4O5. The molecule has 2 fully saturated rings. The molecule has 31 heavy (non-hydrogen) atoms. The van der Waals surface area contributed by atoms with E-state index in [1.807, 2.05) is 0 Å². The normalized spacial score (nSPS) is 17.5. The molecule has 1 spiro atoms. The van der Waals surface area contributed by atoms with Crippen LogP contribution < -0.4 is 15.4 Å². The SMILES string of the molecule is COc1ccc(Cl)cc1NC(=O)CN(C)C(=O)CCN1C(=O)NC2(CCCCC2)C1=O. The number of likely N-dealkylation sites (N-methyl/N-ethyl adjacent to an activating group) is 1. The van der Waals surface area contributed by atoms with Crippen LogP contribution in [0.2, 0.25) is 5.02 Å². The van der Waals surface area contributed by atoms with Crippen molar-refractivity contribution in [1.82, 2.24) is 15.1 Å². The highest BCUT2D eigenvalue weighted by Gasteiger charge is 2.51.